The molecular weight excluding hydrogens is 284 g/mol. The zero-order chi connectivity index (χ0) is 15.6. The molecule has 0 fully saturated rings. The molecule has 0 aliphatic carbocycles. The Bertz CT molecular complexity index is 630. The summed E-state index contributed by atoms with van der Waals surface area (Å²) >= 11 is 6.05. The highest BCUT2D eigenvalue weighted by molar-refractivity contribution is 6.30. The van der Waals surface area contributed by atoms with E-state index >= 15 is 0 Å². The molecule has 1 aromatic heterocycles. The van der Waals surface area contributed by atoms with Crippen molar-refractivity contribution < 1.29 is 4.74 Å². The van der Waals surface area contributed by atoms with Crippen molar-refractivity contribution >= 4 is 11.6 Å². The Labute approximate surface area is 131 Å². The van der Waals surface area contributed by atoms with E-state index in [1.807, 2.05) is 38.1 Å². The van der Waals surface area contributed by atoms with Crippen LogP contribution in [0.4, 0.5) is 0 Å². The van der Waals surface area contributed by atoms with Crippen LogP contribution in [0.5, 0.6) is 11.6 Å². The van der Waals surface area contributed by atoms with Crippen molar-refractivity contribution in [2.75, 3.05) is 0 Å². The van der Waals surface area contributed by atoms with Gasteiger partial charge in [0, 0.05) is 23.3 Å². The summed E-state index contributed by atoms with van der Waals surface area (Å²) in [6.07, 6.45) is 0. The number of pyridine rings is 1. The molecule has 0 amide bonds. The summed E-state index contributed by atoms with van der Waals surface area (Å²) in [7, 11) is 0. The second-order valence-electron chi connectivity index (χ2n) is 5.57. The summed E-state index contributed by atoms with van der Waals surface area (Å²) < 4.78 is 6.00. The number of aryl methyl sites for hydroxylation is 2. The predicted molar refractivity (Wildman–Crippen MR) is 87.2 cm³/mol. The second kappa shape index (κ2) is 6.46. The quantitative estimate of drug-likeness (QED) is 0.888. The average Bonchev–Trinajstić information content (AvgIpc) is 2.42. The first kappa shape index (κ1) is 15.8. The lowest BCUT2D eigenvalue weighted by atomic mass is 10.1. The Morgan fingerprint density at radius 1 is 1.14 bits per heavy atom. The molecule has 1 heterocycles. The van der Waals surface area contributed by atoms with Crippen LogP contribution >= 0.6 is 11.6 Å². The van der Waals surface area contributed by atoms with Gasteiger partial charge in [0.2, 0.25) is 5.88 Å². The zero-order valence-electron chi connectivity index (χ0n) is 12.9. The van der Waals surface area contributed by atoms with Crippen LogP contribution in [-0.2, 0) is 6.54 Å². The van der Waals surface area contributed by atoms with Gasteiger partial charge >= 0.3 is 0 Å². The third kappa shape index (κ3) is 3.74. The summed E-state index contributed by atoms with van der Waals surface area (Å²) in [5.74, 6) is 1.71. The fourth-order valence-electron chi connectivity index (χ4n) is 2.21. The van der Waals surface area contributed by atoms with Gasteiger partial charge in [-0.2, -0.15) is 0 Å². The molecule has 4 heteroatoms. The van der Waals surface area contributed by atoms with E-state index in [2.05, 4.69) is 18.8 Å². The van der Waals surface area contributed by atoms with Gasteiger partial charge in [-0.05, 0) is 54.7 Å². The Morgan fingerprint density at radius 3 is 2.29 bits per heavy atom. The summed E-state index contributed by atoms with van der Waals surface area (Å²) in [6, 6.07) is 7.69. The number of rotatable bonds is 4. The van der Waals surface area contributed by atoms with Crippen LogP contribution < -0.4 is 10.5 Å². The first-order chi connectivity index (χ1) is 9.90. The molecule has 1 aromatic carbocycles. The van der Waals surface area contributed by atoms with Gasteiger partial charge in [-0.25, -0.2) is 4.98 Å². The Balaban J connectivity index is 2.42. The molecule has 0 atom stereocenters. The molecular formula is C17H21ClN2O. The van der Waals surface area contributed by atoms with E-state index < -0.39 is 0 Å². The highest BCUT2D eigenvalue weighted by Gasteiger charge is 2.11. The van der Waals surface area contributed by atoms with Gasteiger partial charge < -0.3 is 10.5 Å². The number of hydrogen-bond donors (Lipinski definition) is 1. The minimum atomic E-state index is 0.325. The van der Waals surface area contributed by atoms with Crippen LogP contribution in [0.1, 0.15) is 42.1 Å². The largest absolute Gasteiger partial charge is 0.438 e. The fraction of sp³-hybridized carbons (Fsp3) is 0.353. The summed E-state index contributed by atoms with van der Waals surface area (Å²) in [5, 5.41) is 0.712. The number of ether oxygens (including phenoxy) is 1. The van der Waals surface area contributed by atoms with Gasteiger partial charge in [0.05, 0.1) is 0 Å². The van der Waals surface area contributed by atoms with Crippen molar-refractivity contribution in [2.24, 2.45) is 5.73 Å². The first-order valence-corrected chi connectivity index (χ1v) is 7.44. The Morgan fingerprint density at radius 2 is 1.76 bits per heavy atom. The van der Waals surface area contributed by atoms with Crippen molar-refractivity contribution in [3.05, 3.63) is 51.7 Å². The fourth-order valence-corrected chi connectivity index (χ4v) is 2.54. The SMILES string of the molecule is Cc1cc(Cl)cc(C)c1Oc1cc(CN)cc(C(C)C)n1. The molecule has 0 bridgehead atoms. The van der Waals surface area contributed by atoms with E-state index in [1.165, 1.54) is 0 Å². The molecule has 112 valence electrons. The summed E-state index contributed by atoms with van der Waals surface area (Å²) in [6.45, 7) is 8.63. The molecule has 0 radical (unpaired) electrons. The van der Waals surface area contributed by atoms with Gasteiger partial charge in [-0.15, -0.1) is 0 Å². The molecule has 2 rings (SSSR count). The number of nitrogens with two attached hydrogens (primary N) is 1. The molecule has 0 aliphatic rings. The molecule has 2 N–H and O–H groups in total. The van der Waals surface area contributed by atoms with Crippen molar-refractivity contribution in [1.29, 1.82) is 0 Å². The average molecular weight is 305 g/mol. The molecule has 21 heavy (non-hydrogen) atoms. The van der Waals surface area contributed by atoms with E-state index in [1.54, 1.807) is 0 Å². The second-order valence-corrected chi connectivity index (χ2v) is 6.00. The van der Waals surface area contributed by atoms with Crippen LogP contribution in [0.25, 0.3) is 0 Å². The Kier molecular flexibility index (Phi) is 4.86. The van der Waals surface area contributed by atoms with E-state index in [-0.39, 0.29) is 0 Å². The highest BCUT2D eigenvalue weighted by atomic mass is 35.5. The van der Waals surface area contributed by atoms with E-state index in [4.69, 9.17) is 22.1 Å². The maximum Gasteiger partial charge on any atom is 0.219 e. The standard InChI is InChI=1S/C17H21ClN2O/c1-10(2)15-7-13(9-19)8-16(20-15)21-17-11(3)5-14(18)6-12(17)4/h5-8,10H,9,19H2,1-4H3. The van der Waals surface area contributed by atoms with Crippen LogP contribution in [0.2, 0.25) is 5.02 Å². The lowest BCUT2D eigenvalue weighted by molar-refractivity contribution is 0.452. The first-order valence-electron chi connectivity index (χ1n) is 7.06. The van der Waals surface area contributed by atoms with E-state index in [0.717, 1.165) is 28.1 Å². The maximum atomic E-state index is 6.05. The van der Waals surface area contributed by atoms with E-state index in [0.29, 0.717) is 23.4 Å². The molecule has 0 saturated heterocycles. The third-order valence-corrected chi connectivity index (χ3v) is 3.56. The maximum absolute atomic E-state index is 6.05. The molecule has 3 nitrogen and oxygen atoms in total. The minimum Gasteiger partial charge on any atom is -0.438 e. The number of halogens is 1. The van der Waals surface area contributed by atoms with Gasteiger partial charge in [0.1, 0.15) is 5.75 Å². The van der Waals surface area contributed by atoms with Crippen LogP contribution in [0.15, 0.2) is 24.3 Å². The van der Waals surface area contributed by atoms with Gasteiger partial charge in [-0.3, -0.25) is 0 Å². The van der Waals surface area contributed by atoms with Crippen LogP contribution in [0.3, 0.4) is 0 Å². The summed E-state index contributed by atoms with van der Waals surface area (Å²) in [4.78, 5) is 4.57. The van der Waals surface area contributed by atoms with E-state index in [9.17, 15) is 0 Å². The van der Waals surface area contributed by atoms with Crippen molar-refractivity contribution in [3.63, 3.8) is 0 Å². The predicted octanol–water partition coefficient (Wildman–Crippen LogP) is 4.73. The summed E-state index contributed by atoms with van der Waals surface area (Å²) in [5.41, 5.74) is 9.75. The molecule has 0 unspecified atom stereocenters. The smallest absolute Gasteiger partial charge is 0.219 e. The monoisotopic (exact) mass is 304 g/mol. The lowest BCUT2D eigenvalue weighted by Gasteiger charge is -2.14. The minimum absolute atomic E-state index is 0.325. The molecule has 0 aliphatic heterocycles. The van der Waals surface area contributed by atoms with Gasteiger partial charge in [-0.1, -0.05) is 25.4 Å². The number of benzene rings is 1. The van der Waals surface area contributed by atoms with Crippen LogP contribution in [-0.4, -0.2) is 4.98 Å². The van der Waals surface area contributed by atoms with Gasteiger partial charge in [0.15, 0.2) is 0 Å². The molecule has 0 saturated carbocycles. The van der Waals surface area contributed by atoms with Gasteiger partial charge in [0.25, 0.3) is 0 Å². The van der Waals surface area contributed by atoms with Crippen molar-refractivity contribution in [2.45, 2.75) is 40.2 Å². The molecule has 2 aromatic rings. The Hall–Kier alpha value is -1.58. The number of aromatic nitrogens is 1. The zero-order valence-corrected chi connectivity index (χ0v) is 13.7. The molecule has 0 spiro atoms. The number of hydrogen-bond acceptors (Lipinski definition) is 3. The number of nitrogens with zero attached hydrogens (tertiary/aromatic N) is 1. The topological polar surface area (TPSA) is 48.1 Å². The van der Waals surface area contributed by atoms with Crippen molar-refractivity contribution in [1.82, 2.24) is 4.98 Å². The normalized spacial score (nSPS) is 11.0. The van der Waals surface area contributed by atoms with Crippen molar-refractivity contribution in [3.8, 4) is 11.6 Å². The highest BCUT2D eigenvalue weighted by Crippen LogP contribution is 2.31. The lowest BCUT2D eigenvalue weighted by Crippen LogP contribution is -2.03. The van der Waals surface area contributed by atoms with Crippen LogP contribution in [0, 0.1) is 13.8 Å². The third-order valence-electron chi connectivity index (χ3n) is 3.34.